The van der Waals surface area contributed by atoms with Crippen molar-refractivity contribution in [3.63, 3.8) is 0 Å². The SMILES string of the molecule is NC(=NCCc1c[nH]c2ccc(Br)cc12)N1CCC1. The highest BCUT2D eigenvalue weighted by Gasteiger charge is 2.15. The second-order valence-corrected chi connectivity index (χ2v) is 5.75. The third-order valence-corrected chi connectivity index (χ3v) is 4.06. The van der Waals surface area contributed by atoms with Gasteiger partial charge >= 0.3 is 0 Å². The van der Waals surface area contributed by atoms with E-state index < -0.39 is 0 Å². The van der Waals surface area contributed by atoms with Crippen molar-refractivity contribution in [1.82, 2.24) is 9.88 Å². The van der Waals surface area contributed by atoms with Crippen LogP contribution in [0.25, 0.3) is 10.9 Å². The third-order valence-electron chi connectivity index (χ3n) is 3.56. The number of fused-ring (bicyclic) bond motifs is 1. The van der Waals surface area contributed by atoms with Crippen molar-refractivity contribution in [1.29, 1.82) is 0 Å². The van der Waals surface area contributed by atoms with Gasteiger partial charge in [-0.05, 0) is 36.6 Å². The molecule has 1 aromatic carbocycles. The molecule has 0 unspecified atom stereocenters. The zero-order chi connectivity index (χ0) is 13.2. The van der Waals surface area contributed by atoms with Crippen molar-refractivity contribution in [3.8, 4) is 0 Å². The minimum Gasteiger partial charge on any atom is -0.370 e. The van der Waals surface area contributed by atoms with Crippen LogP contribution < -0.4 is 5.73 Å². The van der Waals surface area contributed by atoms with Gasteiger partial charge in [-0.1, -0.05) is 15.9 Å². The van der Waals surface area contributed by atoms with Gasteiger partial charge in [0.15, 0.2) is 5.96 Å². The van der Waals surface area contributed by atoms with E-state index in [-0.39, 0.29) is 0 Å². The number of nitrogens with one attached hydrogen (secondary N) is 1. The quantitative estimate of drug-likeness (QED) is 0.674. The van der Waals surface area contributed by atoms with Crippen molar-refractivity contribution in [2.45, 2.75) is 12.8 Å². The lowest BCUT2D eigenvalue weighted by molar-refractivity contribution is 0.296. The van der Waals surface area contributed by atoms with Crippen LogP contribution >= 0.6 is 15.9 Å². The minimum absolute atomic E-state index is 0.687. The Morgan fingerprint density at radius 2 is 2.26 bits per heavy atom. The fraction of sp³-hybridized carbons (Fsp3) is 0.357. The summed E-state index contributed by atoms with van der Waals surface area (Å²) in [6.45, 7) is 2.84. The van der Waals surface area contributed by atoms with Gasteiger partial charge in [-0.3, -0.25) is 4.99 Å². The number of aromatic amines is 1. The molecule has 0 atom stereocenters. The van der Waals surface area contributed by atoms with E-state index in [0.29, 0.717) is 5.96 Å². The highest BCUT2D eigenvalue weighted by Crippen LogP contribution is 2.23. The summed E-state index contributed by atoms with van der Waals surface area (Å²) in [7, 11) is 0. The standard InChI is InChI=1S/C14H17BrN4/c15-11-2-3-13-12(8-11)10(9-18-13)4-5-17-14(16)19-6-1-7-19/h2-3,8-9,18H,1,4-7H2,(H2,16,17). The van der Waals surface area contributed by atoms with E-state index in [0.717, 1.165) is 36.0 Å². The molecule has 1 aliphatic heterocycles. The van der Waals surface area contributed by atoms with Crippen molar-refractivity contribution in [2.75, 3.05) is 19.6 Å². The average molecular weight is 321 g/mol. The largest absolute Gasteiger partial charge is 0.370 e. The number of benzene rings is 1. The zero-order valence-corrected chi connectivity index (χ0v) is 12.3. The minimum atomic E-state index is 0.687. The first-order valence-electron chi connectivity index (χ1n) is 6.54. The summed E-state index contributed by atoms with van der Waals surface area (Å²) in [6.07, 6.45) is 4.20. The van der Waals surface area contributed by atoms with Crippen LogP contribution in [-0.4, -0.2) is 35.5 Å². The third kappa shape index (κ3) is 2.61. The Morgan fingerprint density at radius 1 is 1.42 bits per heavy atom. The van der Waals surface area contributed by atoms with Gasteiger partial charge in [-0.15, -0.1) is 0 Å². The predicted octanol–water partition coefficient (Wildman–Crippen LogP) is 2.49. The molecule has 3 rings (SSSR count). The van der Waals surface area contributed by atoms with E-state index >= 15 is 0 Å². The molecule has 1 fully saturated rings. The van der Waals surface area contributed by atoms with E-state index in [1.165, 1.54) is 17.4 Å². The second-order valence-electron chi connectivity index (χ2n) is 4.83. The Labute approximate surface area is 120 Å². The van der Waals surface area contributed by atoms with Gasteiger partial charge in [-0.25, -0.2) is 0 Å². The number of halogens is 1. The molecule has 4 nitrogen and oxygen atoms in total. The Kier molecular flexibility index (Phi) is 3.46. The van der Waals surface area contributed by atoms with Gasteiger partial charge in [0.1, 0.15) is 0 Å². The maximum absolute atomic E-state index is 5.92. The molecular formula is C14H17BrN4. The number of nitrogens with two attached hydrogens (primary N) is 1. The number of hydrogen-bond acceptors (Lipinski definition) is 1. The molecule has 0 radical (unpaired) electrons. The molecule has 19 heavy (non-hydrogen) atoms. The molecule has 0 bridgehead atoms. The van der Waals surface area contributed by atoms with Crippen molar-refractivity contribution in [2.24, 2.45) is 10.7 Å². The van der Waals surface area contributed by atoms with Crippen LogP contribution in [0.15, 0.2) is 33.9 Å². The molecule has 0 aliphatic carbocycles. The van der Waals surface area contributed by atoms with Gasteiger partial charge in [0.25, 0.3) is 0 Å². The van der Waals surface area contributed by atoms with Gasteiger partial charge in [-0.2, -0.15) is 0 Å². The van der Waals surface area contributed by atoms with Gasteiger partial charge < -0.3 is 15.6 Å². The number of hydrogen-bond donors (Lipinski definition) is 2. The fourth-order valence-electron chi connectivity index (χ4n) is 2.29. The second kappa shape index (κ2) is 5.25. The van der Waals surface area contributed by atoms with E-state index in [1.807, 2.05) is 6.07 Å². The molecule has 100 valence electrons. The first-order chi connectivity index (χ1) is 9.24. The molecular weight excluding hydrogens is 304 g/mol. The molecule has 1 saturated heterocycles. The lowest BCUT2D eigenvalue weighted by Gasteiger charge is -2.31. The van der Waals surface area contributed by atoms with Crippen LogP contribution in [0.3, 0.4) is 0 Å². The Bertz CT molecular complexity index is 613. The van der Waals surface area contributed by atoms with Crippen molar-refractivity contribution >= 4 is 32.8 Å². The first kappa shape index (κ1) is 12.5. The number of guanidine groups is 1. The van der Waals surface area contributed by atoms with Crippen molar-refractivity contribution in [3.05, 3.63) is 34.4 Å². The normalized spacial score (nSPS) is 15.8. The van der Waals surface area contributed by atoms with Crippen LogP contribution in [-0.2, 0) is 6.42 Å². The number of aliphatic imine (C=N–C) groups is 1. The van der Waals surface area contributed by atoms with Gasteiger partial charge in [0.2, 0.25) is 0 Å². The predicted molar refractivity (Wildman–Crippen MR) is 82.4 cm³/mol. The van der Waals surface area contributed by atoms with E-state index in [1.54, 1.807) is 0 Å². The van der Waals surface area contributed by atoms with Crippen LogP contribution in [0.1, 0.15) is 12.0 Å². The van der Waals surface area contributed by atoms with Crippen LogP contribution in [0.4, 0.5) is 0 Å². The molecule has 5 heteroatoms. The molecule has 2 heterocycles. The smallest absolute Gasteiger partial charge is 0.191 e. The first-order valence-corrected chi connectivity index (χ1v) is 7.34. The average Bonchev–Trinajstić information content (AvgIpc) is 2.70. The van der Waals surface area contributed by atoms with Crippen LogP contribution in [0, 0.1) is 0 Å². The maximum Gasteiger partial charge on any atom is 0.191 e. The molecule has 1 aromatic heterocycles. The Balaban J connectivity index is 1.69. The summed E-state index contributed by atoms with van der Waals surface area (Å²) < 4.78 is 1.10. The summed E-state index contributed by atoms with van der Waals surface area (Å²) in [5.74, 6) is 0.687. The highest BCUT2D eigenvalue weighted by atomic mass is 79.9. The Morgan fingerprint density at radius 3 is 3.00 bits per heavy atom. The lowest BCUT2D eigenvalue weighted by atomic mass is 10.1. The topological polar surface area (TPSA) is 57.4 Å². The summed E-state index contributed by atoms with van der Waals surface area (Å²) in [4.78, 5) is 9.85. The molecule has 0 saturated carbocycles. The van der Waals surface area contributed by atoms with E-state index in [9.17, 15) is 0 Å². The lowest BCUT2D eigenvalue weighted by Crippen LogP contribution is -2.46. The molecule has 3 N–H and O–H groups in total. The molecule has 2 aromatic rings. The number of aromatic nitrogens is 1. The number of rotatable bonds is 3. The highest BCUT2D eigenvalue weighted by molar-refractivity contribution is 9.10. The van der Waals surface area contributed by atoms with Gasteiger partial charge in [0.05, 0.1) is 0 Å². The summed E-state index contributed by atoms with van der Waals surface area (Å²) in [5, 5.41) is 1.26. The molecule has 0 amide bonds. The Hall–Kier alpha value is -1.49. The van der Waals surface area contributed by atoms with Crippen LogP contribution in [0.5, 0.6) is 0 Å². The van der Waals surface area contributed by atoms with Crippen LogP contribution in [0.2, 0.25) is 0 Å². The summed E-state index contributed by atoms with van der Waals surface area (Å²) >= 11 is 3.51. The zero-order valence-electron chi connectivity index (χ0n) is 10.7. The number of nitrogens with zero attached hydrogens (tertiary/aromatic N) is 2. The van der Waals surface area contributed by atoms with Crippen molar-refractivity contribution < 1.29 is 0 Å². The number of likely N-dealkylation sites (tertiary alicyclic amines) is 1. The summed E-state index contributed by atoms with van der Waals surface area (Å²) in [5.41, 5.74) is 8.37. The molecule has 1 aliphatic rings. The van der Waals surface area contributed by atoms with E-state index in [2.05, 4.69) is 49.1 Å². The molecule has 0 spiro atoms. The summed E-state index contributed by atoms with van der Waals surface area (Å²) in [6, 6.07) is 6.27. The monoisotopic (exact) mass is 320 g/mol. The fourth-order valence-corrected chi connectivity index (χ4v) is 2.65. The van der Waals surface area contributed by atoms with Gasteiger partial charge in [0, 0.05) is 41.2 Å². The number of H-pyrrole nitrogens is 1. The maximum atomic E-state index is 5.92. The van der Waals surface area contributed by atoms with E-state index in [4.69, 9.17) is 5.73 Å².